The summed E-state index contributed by atoms with van der Waals surface area (Å²) >= 11 is 0. The standard InChI is InChI=1S/C7H19O9P/c1-4(9)7(11)16-6(5(10)2-8)3-15-17(12,13)14/h4-14,17H,2-3H2,1H3/t4?,5-,6?,7-/m0/s1. The second-order valence-electron chi connectivity index (χ2n) is 3.44. The van der Waals surface area contributed by atoms with Crippen LogP contribution in [0.1, 0.15) is 6.92 Å². The molecule has 2 unspecified atom stereocenters. The SMILES string of the molecule is CC(O)[C@@H](O)OC(CO[PH](O)(O)O)[C@@H](O)CO. The van der Waals surface area contributed by atoms with Gasteiger partial charge in [0.05, 0.1) is 0 Å². The number of hydrogen-bond acceptors (Lipinski definition) is 9. The van der Waals surface area contributed by atoms with Crippen molar-refractivity contribution in [2.75, 3.05) is 13.2 Å². The molecule has 0 bridgehead atoms. The Bertz CT molecular complexity index is 206. The van der Waals surface area contributed by atoms with E-state index in [1.165, 1.54) is 6.92 Å². The van der Waals surface area contributed by atoms with E-state index < -0.39 is 46.0 Å². The molecule has 0 saturated heterocycles. The Kier molecular flexibility index (Phi) is 7.52. The van der Waals surface area contributed by atoms with Gasteiger partial charge in [-0.15, -0.1) is 0 Å². The van der Waals surface area contributed by atoms with Gasteiger partial charge in [0.2, 0.25) is 0 Å². The van der Waals surface area contributed by atoms with E-state index in [0.717, 1.165) is 0 Å². The Morgan fingerprint density at radius 3 is 2.00 bits per heavy atom. The van der Waals surface area contributed by atoms with E-state index in [9.17, 15) is 10.2 Å². The molecular formula is C7H19O9P. The van der Waals surface area contributed by atoms with Gasteiger partial charge in [-0.25, -0.2) is 0 Å². The van der Waals surface area contributed by atoms with E-state index >= 15 is 0 Å². The predicted octanol–water partition coefficient (Wildman–Crippen LogP) is -3.17. The molecule has 0 aliphatic rings. The normalized spacial score (nSPS) is 20.7. The molecule has 0 rings (SSSR count). The summed E-state index contributed by atoms with van der Waals surface area (Å²) in [6, 6.07) is 0. The first-order chi connectivity index (χ1) is 7.67. The van der Waals surface area contributed by atoms with Crippen molar-refractivity contribution in [2.45, 2.75) is 31.5 Å². The summed E-state index contributed by atoms with van der Waals surface area (Å²) in [5.41, 5.74) is 0. The quantitative estimate of drug-likeness (QED) is 0.179. The monoisotopic (exact) mass is 278 g/mol. The van der Waals surface area contributed by atoms with Crippen molar-refractivity contribution in [3.8, 4) is 0 Å². The predicted molar refractivity (Wildman–Crippen MR) is 56.6 cm³/mol. The Labute approximate surface area is 98.1 Å². The molecular weight excluding hydrogens is 259 g/mol. The first-order valence-electron chi connectivity index (χ1n) is 4.79. The first kappa shape index (κ1) is 17.1. The van der Waals surface area contributed by atoms with Gasteiger partial charge in [-0.3, -0.25) is 0 Å². The summed E-state index contributed by atoms with van der Waals surface area (Å²) in [5, 5.41) is 36.1. The summed E-state index contributed by atoms with van der Waals surface area (Å²) in [6.45, 7) is -0.199. The van der Waals surface area contributed by atoms with Gasteiger partial charge in [0.15, 0.2) is 0 Å². The van der Waals surface area contributed by atoms with Crippen LogP contribution in [0.25, 0.3) is 0 Å². The van der Waals surface area contributed by atoms with Crippen LogP contribution >= 0.6 is 8.17 Å². The Morgan fingerprint density at radius 1 is 1.12 bits per heavy atom. The van der Waals surface area contributed by atoms with Crippen molar-refractivity contribution in [2.24, 2.45) is 0 Å². The van der Waals surface area contributed by atoms with Gasteiger partial charge in [0.25, 0.3) is 0 Å². The Hall–Kier alpha value is 0.0700. The van der Waals surface area contributed by atoms with E-state index in [1.807, 2.05) is 0 Å². The van der Waals surface area contributed by atoms with Crippen LogP contribution in [-0.4, -0.2) is 72.9 Å². The zero-order chi connectivity index (χ0) is 13.6. The third-order valence-corrected chi connectivity index (χ3v) is 2.34. The molecule has 10 heteroatoms. The zero-order valence-electron chi connectivity index (χ0n) is 9.17. The third kappa shape index (κ3) is 7.90. The van der Waals surface area contributed by atoms with E-state index in [4.69, 9.17) is 29.6 Å². The average molecular weight is 278 g/mol. The van der Waals surface area contributed by atoms with Crippen LogP contribution in [0.4, 0.5) is 0 Å². The maximum atomic E-state index is 9.27. The third-order valence-electron chi connectivity index (χ3n) is 1.78. The van der Waals surface area contributed by atoms with E-state index in [1.54, 1.807) is 0 Å². The maximum absolute atomic E-state index is 9.27. The van der Waals surface area contributed by atoms with Crippen molar-refractivity contribution < 1.29 is 44.4 Å². The molecule has 0 radical (unpaired) electrons. The molecule has 0 saturated carbocycles. The van der Waals surface area contributed by atoms with Gasteiger partial charge in [0, 0.05) is 0 Å². The minimum absolute atomic E-state index is 0.679. The summed E-state index contributed by atoms with van der Waals surface area (Å²) in [6.07, 6.45) is -5.75. The van der Waals surface area contributed by atoms with Crippen LogP contribution in [0.3, 0.4) is 0 Å². The number of rotatable bonds is 8. The van der Waals surface area contributed by atoms with Gasteiger partial charge in [-0.2, -0.15) is 0 Å². The van der Waals surface area contributed by atoms with Crippen LogP contribution < -0.4 is 0 Å². The molecule has 0 aliphatic carbocycles. The molecule has 0 heterocycles. The fourth-order valence-electron chi connectivity index (χ4n) is 0.845. The van der Waals surface area contributed by atoms with Crippen molar-refractivity contribution in [3.05, 3.63) is 0 Å². The number of aliphatic hydroxyl groups excluding tert-OH is 4. The Balaban J connectivity index is 4.34. The van der Waals surface area contributed by atoms with Crippen molar-refractivity contribution in [1.29, 1.82) is 0 Å². The molecule has 0 aromatic heterocycles. The molecule has 0 aromatic carbocycles. The van der Waals surface area contributed by atoms with Crippen molar-refractivity contribution >= 4 is 8.17 Å². The van der Waals surface area contributed by atoms with Gasteiger partial charge >= 0.3 is 97.3 Å². The van der Waals surface area contributed by atoms with Gasteiger partial charge in [-0.1, -0.05) is 0 Å². The molecule has 0 aliphatic heterocycles. The molecule has 17 heavy (non-hydrogen) atoms. The molecule has 9 nitrogen and oxygen atoms in total. The summed E-state index contributed by atoms with van der Waals surface area (Å²) in [4.78, 5) is 25.7. The van der Waals surface area contributed by atoms with Gasteiger partial charge in [0.1, 0.15) is 0 Å². The van der Waals surface area contributed by atoms with Crippen LogP contribution in [-0.2, 0) is 9.26 Å². The number of ether oxygens (including phenoxy) is 1. The molecule has 0 aromatic rings. The number of aliphatic hydroxyl groups is 4. The van der Waals surface area contributed by atoms with Gasteiger partial charge in [-0.05, 0) is 0 Å². The van der Waals surface area contributed by atoms with Crippen molar-refractivity contribution in [1.82, 2.24) is 0 Å². The second kappa shape index (κ2) is 7.49. The molecule has 0 fully saturated rings. The fraction of sp³-hybridized carbons (Fsp3) is 1.00. The average Bonchev–Trinajstić information content (AvgIpc) is 2.21. The van der Waals surface area contributed by atoms with Crippen LogP contribution in [0.2, 0.25) is 0 Å². The van der Waals surface area contributed by atoms with Gasteiger partial charge < -0.3 is 0 Å². The topological polar surface area (TPSA) is 160 Å². The molecule has 0 amide bonds. The van der Waals surface area contributed by atoms with E-state index in [0.29, 0.717) is 0 Å². The van der Waals surface area contributed by atoms with Crippen molar-refractivity contribution in [3.63, 3.8) is 0 Å². The fourth-order valence-corrected chi connectivity index (χ4v) is 1.23. The minimum atomic E-state index is -4.77. The second-order valence-corrected chi connectivity index (χ2v) is 4.88. The van der Waals surface area contributed by atoms with Crippen LogP contribution in [0.15, 0.2) is 0 Å². The summed E-state index contributed by atoms with van der Waals surface area (Å²) < 4.78 is 8.93. The van der Waals surface area contributed by atoms with Crippen LogP contribution in [0.5, 0.6) is 0 Å². The Morgan fingerprint density at radius 2 is 1.65 bits per heavy atom. The molecule has 7 N–H and O–H groups in total. The van der Waals surface area contributed by atoms with E-state index in [-0.39, 0.29) is 0 Å². The zero-order valence-corrected chi connectivity index (χ0v) is 10.2. The molecule has 0 spiro atoms. The molecule has 4 atom stereocenters. The molecule has 106 valence electrons. The number of hydrogen-bond donors (Lipinski definition) is 7. The van der Waals surface area contributed by atoms with Crippen LogP contribution in [0, 0.1) is 0 Å². The summed E-state index contributed by atoms with van der Waals surface area (Å²) in [7, 11) is -4.77. The summed E-state index contributed by atoms with van der Waals surface area (Å²) in [5.74, 6) is 0. The van der Waals surface area contributed by atoms with E-state index in [2.05, 4.69) is 4.52 Å². The first-order valence-corrected chi connectivity index (χ1v) is 6.54.